The minimum Gasteiger partial charge on any atom is -0.356 e. The summed E-state index contributed by atoms with van der Waals surface area (Å²) in [4.78, 5) is 24.0. The molecule has 6 rings (SSSR count). The number of rotatable bonds is 6. The highest BCUT2D eigenvalue weighted by Crippen LogP contribution is 2.37. The molecule has 0 saturated carbocycles. The molecule has 1 aromatic carbocycles. The van der Waals surface area contributed by atoms with Gasteiger partial charge in [-0.3, -0.25) is 14.9 Å². The average molecular weight is 506 g/mol. The lowest BCUT2D eigenvalue weighted by atomic mass is 10.0. The van der Waals surface area contributed by atoms with Crippen LogP contribution in [0.15, 0.2) is 73.1 Å². The lowest BCUT2D eigenvalue weighted by Gasteiger charge is -2.10. The Morgan fingerprint density at radius 1 is 1.08 bits per heavy atom. The molecule has 0 saturated heterocycles. The number of hydrogen-bond donors (Lipinski definition) is 2. The molecule has 0 atom stereocenters. The van der Waals surface area contributed by atoms with Crippen LogP contribution in [0, 0.1) is 0 Å². The topological polar surface area (TPSA) is 77.7 Å². The van der Waals surface area contributed by atoms with Gasteiger partial charge in [0.25, 0.3) is 0 Å². The highest BCUT2D eigenvalue weighted by molar-refractivity contribution is 7.15. The first kappa shape index (κ1) is 23.3. The fourth-order valence-electron chi connectivity index (χ4n) is 4.85. The van der Waals surface area contributed by atoms with Crippen LogP contribution in [0.4, 0.5) is 0 Å². The Hall–Kier alpha value is -4.07. The summed E-state index contributed by atoms with van der Waals surface area (Å²) in [5, 5.41) is 8.95. The van der Waals surface area contributed by atoms with Crippen LogP contribution in [0.5, 0.6) is 0 Å². The standard InChI is InChI=1S/C30H27N5OS/c1-18(36)28-10-11-29(37-28)22-6-4-5-7-25-23(22)14-27(32-25)30-24-13-20(8-9-26(24)33-34-30)21-12-19(15-31-16-21)17-35(2)3/h4-6,8-16,32H,7,17H2,1-3H3,(H,33,34). The van der Waals surface area contributed by atoms with Gasteiger partial charge in [0.1, 0.15) is 5.69 Å². The number of benzene rings is 1. The monoisotopic (exact) mass is 505 g/mol. The van der Waals surface area contributed by atoms with E-state index in [1.807, 2.05) is 24.5 Å². The van der Waals surface area contributed by atoms with Crippen molar-refractivity contribution in [3.05, 3.63) is 99.7 Å². The molecule has 0 radical (unpaired) electrons. The SMILES string of the molecule is CC(=O)c1ccc(C2=CC=CCc3[nH]c(-c4n[nH]c5ccc(-c6cncc(CN(C)C)c6)cc45)cc32)s1. The number of fused-ring (bicyclic) bond motifs is 2. The van der Waals surface area contributed by atoms with Crippen molar-refractivity contribution in [1.82, 2.24) is 25.1 Å². The number of hydrogen-bond acceptors (Lipinski definition) is 5. The molecule has 7 heteroatoms. The van der Waals surface area contributed by atoms with Crippen LogP contribution in [-0.2, 0) is 13.0 Å². The van der Waals surface area contributed by atoms with E-state index in [0.29, 0.717) is 0 Å². The molecular weight excluding hydrogens is 478 g/mol. The zero-order chi connectivity index (χ0) is 25.5. The fourth-order valence-corrected chi connectivity index (χ4v) is 5.79. The van der Waals surface area contributed by atoms with Gasteiger partial charge in [0.2, 0.25) is 0 Å². The van der Waals surface area contributed by atoms with Gasteiger partial charge in [-0.25, -0.2) is 0 Å². The maximum Gasteiger partial charge on any atom is 0.169 e. The molecule has 0 aliphatic heterocycles. The summed E-state index contributed by atoms with van der Waals surface area (Å²) < 4.78 is 0. The van der Waals surface area contributed by atoms with Gasteiger partial charge in [-0.1, -0.05) is 24.3 Å². The van der Waals surface area contributed by atoms with Crippen molar-refractivity contribution < 1.29 is 4.79 Å². The van der Waals surface area contributed by atoms with Crippen LogP contribution in [-0.4, -0.2) is 44.9 Å². The third kappa shape index (κ3) is 4.48. The lowest BCUT2D eigenvalue weighted by molar-refractivity contribution is 0.102. The van der Waals surface area contributed by atoms with Gasteiger partial charge >= 0.3 is 0 Å². The van der Waals surface area contributed by atoms with Crippen LogP contribution in [0.2, 0.25) is 0 Å². The van der Waals surface area contributed by atoms with E-state index in [4.69, 9.17) is 5.10 Å². The maximum atomic E-state index is 11.9. The Labute approximate surface area is 219 Å². The highest BCUT2D eigenvalue weighted by Gasteiger charge is 2.20. The molecule has 4 heterocycles. The first-order chi connectivity index (χ1) is 18.0. The Balaban J connectivity index is 1.40. The van der Waals surface area contributed by atoms with E-state index in [1.165, 1.54) is 16.9 Å². The normalized spacial score (nSPS) is 13.1. The Morgan fingerprint density at radius 2 is 1.97 bits per heavy atom. The summed E-state index contributed by atoms with van der Waals surface area (Å²) in [6.07, 6.45) is 11.0. The molecule has 6 nitrogen and oxygen atoms in total. The summed E-state index contributed by atoms with van der Waals surface area (Å²) in [5.41, 5.74) is 9.62. The van der Waals surface area contributed by atoms with Gasteiger partial charge in [-0.15, -0.1) is 11.3 Å². The number of Topliss-reactive ketones (excluding diaryl/α,β-unsaturated/α-hetero) is 1. The Morgan fingerprint density at radius 3 is 2.78 bits per heavy atom. The largest absolute Gasteiger partial charge is 0.356 e. The lowest BCUT2D eigenvalue weighted by Crippen LogP contribution is -2.10. The molecule has 4 aromatic heterocycles. The van der Waals surface area contributed by atoms with Crippen molar-refractivity contribution in [2.24, 2.45) is 0 Å². The summed E-state index contributed by atoms with van der Waals surface area (Å²) in [5.74, 6) is 0.0947. The number of nitrogens with one attached hydrogen (secondary N) is 2. The van der Waals surface area contributed by atoms with E-state index in [-0.39, 0.29) is 5.78 Å². The first-order valence-electron chi connectivity index (χ1n) is 12.2. The molecular formula is C30H27N5OS. The minimum absolute atomic E-state index is 0.0947. The number of aromatic amines is 2. The number of carbonyl (C=O) groups is 1. The summed E-state index contributed by atoms with van der Waals surface area (Å²) in [6.45, 7) is 2.46. The molecule has 0 amide bonds. The molecule has 1 aliphatic rings. The molecule has 0 unspecified atom stereocenters. The van der Waals surface area contributed by atoms with Crippen LogP contribution in [0.3, 0.4) is 0 Å². The Bertz CT molecular complexity index is 1700. The number of H-pyrrole nitrogens is 2. The van der Waals surface area contributed by atoms with Crippen LogP contribution < -0.4 is 0 Å². The maximum absolute atomic E-state index is 11.9. The second-order valence-corrected chi connectivity index (χ2v) is 10.7. The number of aromatic nitrogens is 4. The zero-order valence-electron chi connectivity index (χ0n) is 21.0. The molecule has 184 valence electrons. The number of carbonyl (C=O) groups excluding carboxylic acids is 1. The van der Waals surface area contributed by atoms with Crippen molar-refractivity contribution in [1.29, 1.82) is 0 Å². The van der Waals surface area contributed by atoms with Crippen molar-refractivity contribution in [3.63, 3.8) is 0 Å². The number of thiophene rings is 1. The number of ketones is 1. The molecule has 2 N–H and O–H groups in total. The summed E-state index contributed by atoms with van der Waals surface area (Å²) >= 11 is 1.54. The fraction of sp³-hybridized carbons (Fsp3) is 0.167. The van der Waals surface area contributed by atoms with E-state index in [2.05, 4.69) is 82.6 Å². The predicted molar refractivity (Wildman–Crippen MR) is 151 cm³/mol. The van der Waals surface area contributed by atoms with Gasteiger partial charge in [-0.05, 0) is 68.5 Å². The van der Waals surface area contributed by atoms with Gasteiger partial charge < -0.3 is 9.88 Å². The van der Waals surface area contributed by atoms with E-state index in [0.717, 1.165) is 73.0 Å². The van der Waals surface area contributed by atoms with Gasteiger partial charge in [0.05, 0.1) is 16.1 Å². The third-order valence-electron chi connectivity index (χ3n) is 6.57. The molecule has 1 aliphatic carbocycles. The van der Waals surface area contributed by atoms with E-state index in [9.17, 15) is 4.79 Å². The molecule has 0 spiro atoms. The number of pyridine rings is 1. The van der Waals surface area contributed by atoms with Crippen molar-refractivity contribution in [3.8, 4) is 22.5 Å². The molecule has 37 heavy (non-hydrogen) atoms. The molecule has 5 aromatic rings. The molecule has 0 bridgehead atoms. The van der Waals surface area contributed by atoms with Crippen molar-refractivity contribution in [2.75, 3.05) is 14.1 Å². The van der Waals surface area contributed by atoms with Crippen LogP contribution >= 0.6 is 11.3 Å². The third-order valence-corrected chi connectivity index (χ3v) is 7.79. The van der Waals surface area contributed by atoms with E-state index < -0.39 is 0 Å². The highest BCUT2D eigenvalue weighted by atomic mass is 32.1. The number of nitrogens with zero attached hydrogens (tertiary/aromatic N) is 3. The van der Waals surface area contributed by atoms with Gasteiger partial charge in [0, 0.05) is 58.0 Å². The number of allylic oxidation sites excluding steroid dienone is 3. The average Bonchev–Trinajstić information content (AvgIpc) is 3.60. The second-order valence-electron chi connectivity index (χ2n) is 9.66. The van der Waals surface area contributed by atoms with Crippen LogP contribution in [0.1, 0.15) is 38.3 Å². The van der Waals surface area contributed by atoms with Gasteiger partial charge in [-0.2, -0.15) is 5.10 Å². The van der Waals surface area contributed by atoms with Crippen LogP contribution in [0.25, 0.3) is 39.0 Å². The summed E-state index contributed by atoms with van der Waals surface area (Å²) in [6, 6.07) is 14.7. The van der Waals surface area contributed by atoms with Crippen molar-refractivity contribution >= 4 is 33.6 Å². The second kappa shape index (κ2) is 9.42. The Kier molecular flexibility index (Phi) is 5.94. The summed E-state index contributed by atoms with van der Waals surface area (Å²) in [7, 11) is 4.12. The van der Waals surface area contributed by atoms with E-state index in [1.54, 1.807) is 6.92 Å². The van der Waals surface area contributed by atoms with E-state index >= 15 is 0 Å². The van der Waals surface area contributed by atoms with Gasteiger partial charge in [0.15, 0.2) is 5.78 Å². The first-order valence-corrected chi connectivity index (χ1v) is 13.1. The predicted octanol–water partition coefficient (Wildman–Crippen LogP) is 6.49. The molecule has 0 fully saturated rings. The smallest absolute Gasteiger partial charge is 0.169 e. The zero-order valence-corrected chi connectivity index (χ0v) is 21.8. The quantitative estimate of drug-likeness (QED) is 0.259. The van der Waals surface area contributed by atoms with Crippen molar-refractivity contribution in [2.45, 2.75) is 19.9 Å². The minimum atomic E-state index is 0.0947.